The van der Waals surface area contributed by atoms with E-state index in [1.54, 1.807) is 18.3 Å². The summed E-state index contributed by atoms with van der Waals surface area (Å²) in [6, 6.07) is 4.42. The molecule has 0 atom stereocenters. The van der Waals surface area contributed by atoms with Gasteiger partial charge in [0.2, 0.25) is 5.88 Å². The molecule has 7 nitrogen and oxygen atoms in total. The summed E-state index contributed by atoms with van der Waals surface area (Å²) in [6.07, 6.45) is 1.58. The van der Waals surface area contributed by atoms with E-state index in [4.69, 9.17) is 11.6 Å². The van der Waals surface area contributed by atoms with Crippen LogP contribution in [-0.4, -0.2) is 37.8 Å². The fourth-order valence-corrected chi connectivity index (χ4v) is 2.61. The minimum absolute atomic E-state index is 0.0196. The summed E-state index contributed by atoms with van der Waals surface area (Å²) in [5.74, 6) is -0.898. The third-order valence-electron chi connectivity index (χ3n) is 2.85. The summed E-state index contributed by atoms with van der Waals surface area (Å²) in [6.45, 7) is 0. The molecule has 0 saturated heterocycles. The van der Waals surface area contributed by atoms with Crippen molar-refractivity contribution >= 4 is 39.1 Å². The van der Waals surface area contributed by atoms with E-state index in [1.165, 1.54) is 17.7 Å². The van der Waals surface area contributed by atoms with Crippen LogP contribution in [-0.2, 0) is 4.74 Å². The van der Waals surface area contributed by atoms with Crippen molar-refractivity contribution in [3.63, 3.8) is 0 Å². The zero-order valence-corrected chi connectivity index (χ0v) is 13.5. The predicted molar refractivity (Wildman–Crippen MR) is 81.9 cm³/mol. The van der Waals surface area contributed by atoms with Gasteiger partial charge in [0, 0.05) is 22.8 Å². The van der Waals surface area contributed by atoms with Crippen LogP contribution in [0.5, 0.6) is 5.88 Å². The van der Waals surface area contributed by atoms with Crippen LogP contribution in [0.25, 0.3) is 17.0 Å². The van der Waals surface area contributed by atoms with Gasteiger partial charge in [0.15, 0.2) is 11.3 Å². The molecule has 1 N–H and O–H groups in total. The second-order valence-corrected chi connectivity index (χ2v) is 5.60. The molecule has 0 unspecified atom stereocenters. The number of hydrogen-bond acceptors (Lipinski definition) is 6. The molecule has 0 spiro atoms. The first-order valence-corrected chi connectivity index (χ1v) is 7.16. The Morgan fingerprint density at radius 3 is 2.86 bits per heavy atom. The first-order valence-electron chi connectivity index (χ1n) is 5.99. The minimum Gasteiger partial charge on any atom is -0.493 e. The zero-order chi connectivity index (χ0) is 15.9. The first-order chi connectivity index (χ1) is 10.5. The highest BCUT2D eigenvalue weighted by Crippen LogP contribution is 2.28. The zero-order valence-electron chi connectivity index (χ0n) is 11.1. The van der Waals surface area contributed by atoms with Gasteiger partial charge < -0.3 is 9.84 Å². The second-order valence-electron chi connectivity index (χ2n) is 4.27. The molecular weight excluding hydrogens is 376 g/mol. The number of methoxy groups -OCH3 is 1. The lowest BCUT2D eigenvalue weighted by atomic mass is 10.3. The molecule has 0 radical (unpaired) electrons. The summed E-state index contributed by atoms with van der Waals surface area (Å²) in [7, 11) is 1.23. The maximum atomic E-state index is 11.5. The number of hydrogen-bond donors (Lipinski definition) is 1. The number of ether oxygens (including phenoxy) is 1. The molecule has 22 heavy (non-hydrogen) atoms. The van der Waals surface area contributed by atoms with Crippen molar-refractivity contribution in [1.29, 1.82) is 0 Å². The van der Waals surface area contributed by atoms with E-state index in [9.17, 15) is 9.90 Å². The molecule has 0 bridgehead atoms. The van der Waals surface area contributed by atoms with Crippen molar-refractivity contribution in [3.05, 3.63) is 39.6 Å². The maximum absolute atomic E-state index is 11.5. The van der Waals surface area contributed by atoms with Gasteiger partial charge in [0.05, 0.1) is 12.1 Å². The van der Waals surface area contributed by atoms with Crippen LogP contribution >= 0.6 is 27.5 Å². The fraction of sp³-hybridized carbons (Fsp3) is 0.0769. The molecule has 9 heteroatoms. The number of aromatic nitrogens is 4. The number of nitrogens with zero attached hydrogens (tertiary/aromatic N) is 4. The van der Waals surface area contributed by atoms with E-state index in [2.05, 4.69) is 35.7 Å². The van der Waals surface area contributed by atoms with E-state index >= 15 is 0 Å². The standard InChI is InChI=1S/C13H8BrClN4O3/c1-22-13(21)9-4-11(20)19-10(17-9)3-8(18-19)12-7(15)2-6(14)5-16-12/h2-5,20H,1H3. The van der Waals surface area contributed by atoms with Crippen LogP contribution in [0.15, 0.2) is 28.9 Å². The van der Waals surface area contributed by atoms with Crippen LogP contribution in [0.3, 0.4) is 0 Å². The molecule has 3 aromatic rings. The Balaban J connectivity index is 2.17. The molecule has 3 rings (SSSR count). The third-order valence-corrected chi connectivity index (χ3v) is 3.58. The molecule has 3 heterocycles. The average Bonchev–Trinajstić information content (AvgIpc) is 2.90. The number of carbonyl (C=O) groups excluding carboxylic acids is 1. The van der Waals surface area contributed by atoms with E-state index in [-0.39, 0.29) is 17.2 Å². The number of fused-ring (bicyclic) bond motifs is 1. The normalized spacial score (nSPS) is 10.9. The van der Waals surface area contributed by atoms with Crippen LogP contribution in [0.1, 0.15) is 10.5 Å². The van der Waals surface area contributed by atoms with E-state index < -0.39 is 5.97 Å². The predicted octanol–water partition coefficient (Wildman–Crippen LogP) is 2.70. The second kappa shape index (κ2) is 5.54. The summed E-state index contributed by atoms with van der Waals surface area (Å²) in [4.78, 5) is 19.8. The Kier molecular flexibility index (Phi) is 3.71. The third kappa shape index (κ3) is 2.51. The van der Waals surface area contributed by atoms with Gasteiger partial charge in [-0.3, -0.25) is 4.98 Å². The summed E-state index contributed by atoms with van der Waals surface area (Å²) in [5.41, 5.74) is 1.11. The smallest absolute Gasteiger partial charge is 0.356 e. The topological polar surface area (TPSA) is 89.6 Å². The van der Waals surface area contributed by atoms with Gasteiger partial charge in [0.25, 0.3) is 0 Å². The van der Waals surface area contributed by atoms with Crippen molar-refractivity contribution in [3.8, 4) is 17.3 Å². The maximum Gasteiger partial charge on any atom is 0.356 e. The van der Waals surface area contributed by atoms with Gasteiger partial charge in [-0.05, 0) is 22.0 Å². The molecule has 0 aromatic carbocycles. The Labute approximate surface area is 137 Å². The monoisotopic (exact) mass is 382 g/mol. The van der Waals surface area contributed by atoms with E-state index in [1.807, 2.05) is 0 Å². The van der Waals surface area contributed by atoms with Gasteiger partial charge in [-0.15, -0.1) is 0 Å². The van der Waals surface area contributed by atoms with E-state index in [0.29, 0.717) is 16.4 Å². The average molecular weight is 384 g/mol. The minimum atomic E-state index is -0.652. The molecule has 0 amide bonds. The van der Waals surface area contributed by atoms with Crippen LogP contribution in [0.2, 0.25) is 5.02 Å². The number of carbonyl (C=O) groups is 1. The van der Waals surface area contributed by atoms with Gasteiger partial charge in [0.1, 0.15) is 11.4 Å². The highest BCUT2D eigenvalue weighted by atomic mass is 79.9. The molecule has 3 aromatic heterocycles. The van der Waals surface area contributed by atoms with Gasteiger partial charge in [-0.2, -0.15) is 9.61 Å². The Hall–Kier alpha value is -2.19. The highest BCUT2D eigenvalue weighted by molar-refractivity contribution is 9.10. The SMILES string of the molecule is COC(=O)c1cc(O)n2nc(-c3ncc(Br)cc3Cl)cc2n1. The van der Waals surface area contributed by atoms with Crippen molar-refractivity contribution in [2.75, 3.05) is 7.11 Å². The molecule has 112 valence electrons. The molecule has 0 aliphatic rings. The van der Waals surface area contributed by atoms with Crippen LogP contribution < -0.4 is 0 Å². The quantitative estimate of drug-likeness (QED) is 0.684. The summed E-state index contributed by atoms with van der Waals surface area (Å²) in [5, 5.41) is 14.5. The van der Waals surface area contributed by atoms with Crippen molar-refractivity contribution in [2.45, 2.75) is 0 Å². The Bertz CT molecular complexity index is 896. The summed E-state index contributed by atoms with van der Waals surface area (Å²) >= 11 is 9.41. The van der Waals surface area contributed by atoms with Crippen molar-refractivity contribution in [2.24, 2.45) is 0 Å². The summed E-state index contributed by atoms with van der Waals surface area (Å²) < 4.78 is 6.50. The molecular formula is C13H8BrClN4O3. The van der Waals surface area contributed by atoms with Crippen LogP contribution in [0, 0.1) is 0 Å². The van der Waals surface area contributed by atoms with Crippen molar-refractivity contribution < 1.29 is 14.6 Å². The van der Waals surface area contributed by atoms with Gasteiger partial charge >= 0.3 is 5.97 Å². The van der Waals surface area contributed by atoms with E-state index in [0.717, 1.165) is 4.47 Å². The lowest BCUT2D eigenvalue weighted by Gasteiger charge is -2.01. The van der Waals surface area contributed by atoms with Crippen molar-refractivity contribution in [1.82, 2.24) is 19.6 Å². The lowest BCUT2D eigenvalue weighted by molar-refractivity contribution is 0.0593. The fourth-order valence-electron chi connectivity index (χ4n) is 1.89. The Morgan fingerprint density at radius 1 is 1.41 bits per heavy atom. The number of pyridine rings is 1. The largest absolute Gasteiger partial charge is 0.493 e. The molecule has 0 saturated carbocycles. The van der Waals surface area contributed by atoms with Gasteiger partial charge in [-0.1, -0.05) is 11.6 Å². The number of aromatic hydroxyl groups is 1. The highest BCUT2D eigenvalue weighted by Gasteiger charge is 2.16. The molecule has 0 aliphatic heterocycles. The molecule has 0 aliphatic carbocycles. The van der Waals surface area contributed by atoms with Gasteiger partial charge in [-0.25, -0.2) is 9.78 Å². The lowest BCUT2D eigenvalue weighted by Crippen LogP contribution is -2.06. The van der Waals surface area contributed by atoms with Crippen LogP contribution in [0.4, 0.5) is 0 Å². The molecule has 0 fully saturated rings. The number of rotatable bonds is 2. The number of esters is 1. The number of halogens is 2. The Morgan fingerprint density at radius 2 is 2.18 bits per heavy atom. The first kappa shape index (κ1) is 14.7.